The Morgan fingerprint density at radius 1 is 1.16 bits per heavy atom. The second-order valence-electron chi connectivity index (χ2n) is 5.87. The topological polar surface area (TPSA) is 0 Å². The number of rotatable bonds is 9. The van der Waals surface area contributed by atoms with Gasteiger partial charge in [0.2, 0.25) is 0 Å². The van der Waals surface area contributed by atoms with Crippen molar-refractivity contribution in [1.29, 1.82) is 0 Å². The molecule has 0 fully saturated rings. The lowest BCUT2D eigenvalue weighted by molar-refractivity contribution is 0.353. The first-order chi connectivity index (χ1) is 9.19. The minimum Gasteiger partial charge on any atom is -0.126 e. The number of hydrogen-bond acceptors (Lipinski definition) is 0. The maximum absolute atomic E-state index is 6.19. The van der Waals surface area contributed by atoms with Gasteiger partial charge in [0.05, 0.1) is 0 Å². The van der Waals surface area contributed by atoms with Gasteiger partial charge in [-0.15, -0.1) is 11.6 Å². The molecule has 19 heavy (non-hydrogen) atoms. The summed E-state index contributed by atoms with van der Waals surface area (Å²) in [7, 11) is 0. The van der Waals surface area contributed by atoms with Crippen molar-refractivity contribution in [2.45, 2.75) is 59.3 Å². The molecule has 0 nitrogen and oxygen atoms in total. The van der Waals surface area contributed by atoms with Gasteiger partial charge in [-0.2, -0.15) is 0 Å². The quantitative estimate of drug-likeness (QED) is 0.487. The van der Waals surface area contributed by atoms with Crippen LogP contribution in [0.1, 0.15) is 57.1 Å². The maximum Gasteiger partial charge on any atom is 0.0255 e. The van der Waals surface area contributed by atoms with Gasteiger partial charge >= 0.3 is 0 Å². The highest BCUT2D eigenvalue weighted by Gasteiger charge is 2.15. The molecule has 1 heteroatoms. The van der Waals surface area contributed by atoms with Gasteiger partial charge in [0.15, 0.2) is 0 Å². The third-order valence-electron chi connectivity index (χ3n) is 4.04. The van der Waals surface area contributed by atoms with E-state index in [2.05, 4.69) is 45.0 Å². The van der Waals surface area contributed by atoms with Gasteiger partial charge in [-0.1, -0.05) is 69.4 Å². The fourth-order valence-corrected chi connectivity index (χ4v) is 3.06. The molecule has 1 rings (SSSR count). The third kappa shape index (κ3) is 6.47. The zero-order chi connectivity index (χ0) is 14.1. The molecular formula is C18H29Cl. The molecule has 2 atom stereocenters. The van der Waals surface area contributed by atoms with Gasteiger partial charge in [-0.3, -0.25) is 0 Å². The van der Waals surface area contributed by atoms with Crippen molar-refractivity contribution in [1.82, 2.24) is 0 Å². The van der Waals surface area contributed by atoms with Crippen molar-refractivity contribution in [3.63, 3.8) is 0 Å². The van der Waals surface area contributed by atoms with E-state index in [4.69, 9.17) is 11.6 Å². The molecule has 0 aliphatic rings. The molecule has 1 aromatic carbocycles. The van der Waals surface area contributed by atoms with Crippen molar-refractivity contribution in [3.8, 4) is 0 Å². The van der Waals surface area contributed by atoms with Gasteiger partial charge in [0, 0.05) is 5.88 Å². The van der Waals surface area contributed by atoms with Crippen LogP contribution in [-0.2, 0) is 6.42 Å². The van der Waals surface area contributed by atoms with Crippen LogP contribution in [0.15, 0.2) is 24.3 Å². The summed E-state index contributed by atoms with van der Waals surface area (Å²) in [5.41, 5.74) is 2.79. The standard InChI is InChI=1S/C18H29Cl/c1-4-6-9-16(5-2)12-18(14-19)13-17-10-7-8-15(3)11-17/h7-8,10-11,16,18H,4-6,9,12-14H2,1-3H3. The largest absolute Gasteiger partial charge is 0.126 e. The first-order valence-corrected chi connectivity index (χ1v) is 8.34. The highest BCUT2D eigenvalue weighted by Crippen LogP contribution is 2.25. The van der Waals surface area contributed by atoms with E-state index in [-0.39, 0.29) is 0 Å². The number of hydrogen-bond donors (Lipinski definition) is 0. The average Bonchev–Trinajstić information content (AvgIpc) is 2.42. The van der Waals surface area contributed by atoms with Crippen LogP contribution in [0.5, 0.6) is 0 Å². The zero-order valence-electron chi connectivity index (χ0n) is 12.8. The molecule has 0 radical (unpaired) electrons. The van der Waals surface area contributed by atoms with E-state index in [1.165, 1.54) is 43.2 Å². The number of halogens is 1. The van der Waals surface area contributed by atoms with Gasteiger partial charge < -0.3 is 0 Å². The van der Waals surface area contributed by atoms with Gasteiger partial charge in [-0.05, 0) is 37.2 Å². The summed E-state index contributed by atoms with van der Waals surface area (Å²) in [5, 5.41) is 0. The number of benzene rings is 1. The van der Waals surface area contributed by atoms with E-state index in [1.54, 1.807) is 0 Å². The molecule has 0 saturated carbocycles. The van der Waals surface area contributed by atoms with E-state index in [0.29, 0.717) is 5.92 Å². The van der Waals surface area contributed by atoms with Crippen molar-refractivity contribution in [2.24, 2.45) is 11.8 Å². The summed E-state index contributed by atoms with van der Waals surface area (Å²) in [6, 6.07) is 8.85. The van der Waals surface area contributed by atoms with E-state index >= 15 is 0 Å². The SMILES string of the molecule is CCCCC(CC)CC(CCl)Cc1cccc(C)c1. The lowest BCUT2D eigenvalue weighted by Gasteiger charge is -2.21. The smallest absolute Gasteiger partial charge is 0.0255 e. The van der Waals surface area contributed by atoms with E-state index in [1.807, 2.05) is 0 Å². The molecule has 0 bridgehead atoms. The van der Waals surface area contributed by atoms with E-state index in [0.717, 1.165) is 18.2 Å². The van der Waals surface area contributed by atoms with Crippen LogP contribution in [0.4, 0.5) is 0 Å². The molecular weight excluding hydrogens is 252 g/mol. The van der Waals surface area contributed by atoms with Gasteiger partial charge in [0.1, 0.15) is 0 Å². The van der Waals surface area contributed by atoms with Gasteiger partial charge in [-0.25, -0.2) is 0 Å². The Morgan fingerprint density at radius 2 is 1.95 bits per heavy atom. The molecule has 0 N–H and O–H groups in total. The first kappa shape index (κ1) is 16.6. The molecule has 0 aliphatic heterocycles. The summed E-state index contributed by atoms with van der Waals surface area (Å²) in [6.45, 7) is 6.76. The Labute approximate surface area is 124 Å². The highest BCUT2D eigenvalue weighted by atomic mass is 35.5. The molecule has 0 aliphatic carbocycles. The van der Waals surface area contributed by atoms with Crippen LogP contribution in [0, 0.1) is 18.8 Å². The minimum atomic E-state index is 0.630. The number of unbranched alkanes of at least 4 members (excludes halogenated alkanes) is 1. The fourth-order valence-electron chi connectivity index (χ4n) is 2.83. The molecule has 0 spiro atoms. The summed E-state index contributed by atoms with van der Waals surface area (Å²) < 4.78 is 0. The fraction of sp³-hybridized carbons (Fsp3) is 0.667. The summed E-state index contributed by atoms with van der Waals surface area (Å²) in [6.07, 6.45) is 7.75. The minimum absolute atomic E-state index is 0.630. The summed E-state index contributed by atoms with van der Waals surface area (Å²) >= 11 is 6.19. The molecule has 0 heterocycles. The summed E-state index contributed by atoms with van der Waals surface area (Å²) in [4.78, 5) is 0. The highest BCUT2D eigenvalue weighted by molar-refractivity contribution is 6.18. The predicted molar refractivity (Wildman–Crippen MR) is 87.0 cm³/mol. The van der Waals surface area contributed by atoms with Crippen molar-refractivity contribution < 1.29 is 0 Å². The predicted octanol–water partition coefficient (Wildman–Crippen LogP) is 6.00. The van der Waals surface area contributed by atoms with Gasteiger partial charge in [0.25, 0.3) is 0 Å². The monoisotopic (exact) mass is 280 g/mol. The molecule has 0 aromatic heterocycles. The van der Waals surface area contributed by atoms with Crippen LogP contribution in [-0.4, -0.2) is 5.88 Å². The van der Waals surface area contributed by atoms with Crippen molar-refractivity contribution in [2.75, 3.05) is 5.88 Å². The van der Waals surface area contributed by atoms with Crippen LogP contribution in [0.2, 0.25) is 0 Å². The number of aryl methyl sites for hydroxylation is 1. The molecule has 0 amide bonds. The summed E-state index contributed by atoms with van der Waals surface area (Å²) in [5.74, 6) is 2.27. The zero-order valence-corrected chi connectivity index (χ0v) is 13.5. The van der Waals surface area contributed by atoms with Crippen LogP contribution < -0.4 is 0 Å². The second-order valence-corrected chi connectivity index (χ2v) is 6.17. The third-order valence-corrected chi connectivity index (χ3v) is 4.47. The lowest BCUT2D eigenvalue weighted by atomic mass is 9.86. The Hall–Kier alpha value is -0.490. The Kier molecular flexibility index (Phi) is 8.21. The molecule has 2 unspecified atom stereocenters. The van der Waals surface area contributed by atoms with Crippen LogP contribution in [0.3, 0.4) is 0 Å². The second kappa shape index (κ2) is 9.42. The Morgan fingerprint density at radius 3 is 2.53 bits per heavy atom. The molecule has 0 saturated heterocycles. The van der Waals surface area contributed by atoms with E-state index < -0.39 is 0 Å². The number of alkyl halides is 1. The van der Waals surface area contributed by atoms with Crippen LogP contribution in [0.25, 0.3) is 0 Å². The lowest BCUT2D eigenvalue weighted by Crippen LogP contribution is -2.13. The maximum atomic E-state index is 6.19. The normalized spacial score (nSPS) is 14.3. The van der Waals surface area contributed by atoms with Crippen LogP contribution >= 0.6 is 11.6 Å². The Balaban J connectivity index is 2.52. The first-order valence-electron chi connectivity index (χ1n) is 7.81. The van der Waals surface area contributed by atoms with E-state index in [9.17, 15) is 0 Å². The average molecular weight is 281 g/mol. The Bertz CT molecular complexity index is 345. The van der Waals surface area contributed by atoms with Crippen molar-refractivity contribution >= 4 is 11.6 Å². The molecule has 1 aromatic rings. The molecule has 108 valence electrons. The van der Waals surface area contributed by atoms with Crippen molar-refractivity contribution in [3.05, 3.63) is 35.4 Å².